The summed E-state index contributed by atoms with van der Waals surface area (Å²) in [5, 5.41) is 0. The van der Waals surface area contributed by atoms with Gasteiger partial charge in [-0.25, -0.2) is 0 Å². The molecule has 1 unspecified atom stereocenters. The van der Waals surface area contributed by atoms with Crippen LogP contribution in [0.15, 0.2) is 0 Å². The summed E-state index contributed by atoms with van der Waals surface area (Å²) in [7, 11) is 0. The van der Waals surface area contributed by atoms with Gasteiger partial charge >= 0.3 is 17.9 Å². The Labute approximate surface area is 310 Å². The van der Waals surface area contributed by atoms with Gasteiger partial charge in [-0.3, -0.25) is 14.4 Å². The SMILES string of the molecule is CCCCCCCC(=O)OC[C@@H](COC(=O)CCCCCCCCC(C)C)OC(=O)CCCCCCCCCCCCCCCCC(C)CC. The minimum absolute atomic E-state index is 0.0675. The fourth-order valence-corrected chi connectivity index (χ4v) is 6.37. The highest BCUT2D eigenvalue weighted by molar-refractivity contribution is 5.71. The second kappa shape index (κ2) is 37.2. The number of hydrogen-bond donors (Lipinski definition) is 0. The highest BCUT2D eigenvalue weighted by atomic mass is 16.6. The van der Waals surface area contributed by atoms with Gasteiger partial charge in [0.1, 0.15) is 13.2 Å². The smallest absolute Gasteiger partial charge is 0.306 e. The molecule has 0 spiro atoms. The van der Waals surface area contributed by atoms with Crippen molar-refractivity contribution in [2.24, 2.45) is 11.8 Å². The monoisotopic (exact) mass is 709 g/mol. The van der Waals surface area contributed by atoms with Crippen LogP contribution in [0.5, 0.6) is 0 Å². The van der Waals surface area contributed by atoms with Gasteiger partial charge in [-0.05, 0) is 31.1 Å². The minimum atomic E-state index is -0.758. The van der Waals surface area contributed by atoms with Crippen LogP contribution in [0.1, 0.15) is 234 Å². The Morgan fingerprint density at radius 1 is 0.420 bits per heavy atom. The number of hydrogen-bond acceptors (Lipinski definition) is 6. The minimum Gasteiger partial charge on any atom is -0.462 e. The van der Waals surface area contributed by atoms with Crippen molar-refractivity contribution in [1.82, 2.24) is 0 Å². The van der Waals surface area contributed by atoms with Gasteiger partial charge in [0, 0.05) is 19.3 Å². The zero-order valence-electron chi connectivity index (χ0n) is 34.0. The number of unbranched alkanes of at least 4 members (excludes halogenated alkanes) is 22. The van der Waals surface area contributed by atoms with Crippen molar-refractivity contribution < 1.29 is 28.6 Å². The van der Waals surface area contributed by atoms with Gasteiger partial charge in [-0.2, -0.15) is 0 Å². The van der Waals surface area contributed by atoms with Gasteiger partial charge in [-0.15, -0.1) is 0 Å². The van der Waals surface area contributed by atoms with E-state index in [-0.39, 0.29) is 31.1 Å². The van der Waals surface area contributed by atoms with Crippen LogP contribution in [0, 0.1) is 11.8 Å². The van der Waals surface area contributed by atoms with Crippen molar-refractivity contribution in [3.63, 3.8) is 0 Å². The summed E-state index contributed by atoms with van der Waals surface area (Å²) in [5.74, 6) is 0.779. The van der Waals surface area contributed by atoms with Crippen LogP contribution in [0.25, 0.3) is 0 Å². The zero-order chi connectivity index (χ0) is 36.9. The van der Waals surface area contributed by atoms with Crippen LogP contribution in [-0.2, 0) is 28.6 Å². The lowest BCUT2D eigenvalue weighted by Gasteiger charge is -2.18. The second-order valence-electron chi connectivity index (χ2n) is 15.7. The molecule has 2 atom stereocenters. The molecule has 0 heterocycles. The first-order chi connectivity index (χ1) is 24.3. The third-order valence-corrected chi connectivity index (χ3v) is 10.1. The predicted molar refractivity (Wildman–Crippen MR) is 210 cm³/mol. The van der Waals surface area contributed by atoms with E-state index in [9.17, 15) is 14.4 Å². The third-order valence-electron chi connectivity index (χ3n) is 10.1. The largest absolute Gasteiger partial charge is 0.462 e. The first kappa shape index (κ1) is 48.4. The highest BCUT2D eigenvalue weighted by Crippen LogP contribution is 2.17. The predicted octanol–water partition coefficient (Wildman–Crippen LogP) is 13.4. The number of esters is 3. The van der Waals surface area contributed by atoms with Crippen molar-refractivity contribution in [2.45, 2.75) is 240 Å². The molecular weight excluding hydrogens is 624 g/mol. The summed E-state index contributed by atoms with van der Waals surface area (Å²) in [5.41, 5.74) is 0. The van der Waals surface area contributed by atoms with E-state index in [4.69, 9.17) is 14.2 Å². The Bertz CT molecular complexity index is 766. The van der Waals surface area contributed by atoms with Gasteiger partial charge in [0.25, 0.3) is 0 Å². The zero-order valence-corrected chi connectivity index (χ0v) is 34.0. The number of carbonyl (C=O) groups is 3. The summed E-state index contributed by atoms with van der Waals surface area (Å²) < 4.78 is 16.6. The summed E-state index contributed by atoms with van der Waals surface area (Å²) in [6.45, 7) is 11.2. The molecule has 6 nitrogen and oxygen atoms in total. The van der Waals surface area contributed by atoms with E-state index in [1.165, 1.54) is 116 Å². The Balaban J connectivity index is 4.15. The molecule has 296 valence electrons. The van der Waals surface area contributed by atoms with Crippen molar-refractivity contribution >= 4 is 17.9 Å². The van der Waals surface area contributed by atoms with Gasteiger partial charge in [0.15, 0.2) is 6.10 Å². The van der Waals surface area contributed by atoms with Crippen molar-refractivity contribution in [3.05, 3.63) is 0 Å². The Hall–Kier alpha value is -1.59. The van der Waals surface area contributed by atoms with E-state index in [2.05, 4.69) is 34.6 Å². The van der Waals surface area contributed by atoms with E-state index in [0.717, 1.165) is 76.0 Å². The van der Waals surface area contributed by atoms with E-state index in [0.29, 0.717) is 19.3 Å². The molecule has 6 heteroatoms. The van der Waals surface area contributed by atoms with Crippen LogP contribution in [0.4, 0.5) is 0 Å². The molecule has 0 aliphatic heterocycles. The van der Waals surface area contributed by atoms with Gasteiger partial charge in [0.05, 0.1) is 0 Å². The lowest BCUT2D eigenvalue weighted by Crippen LogP contribution is -2.30. The molecule has 0 amide bonds. The molecule has 0 rings (SSSR count). The summed E-state index contributed by atoms with van der Waals surface area (Å²) >= 11 is 0. The van der Waals surface area contributed by atoms with E-state index in [1.54, 1.807) is 0 Å². The molecule has 0 bridgehead atoms. The first-order valence-electron chi connectivity index (χ1n) is 21.8. The summed E-state index contributed by atoms with van der Waals surface area (Å²) in [6, 6.07) is 0. The maximum atomic E-state index is 12.6. The topological polar surface area (TPSA) is 78.9 Å². The van der Waals surface area contributed by atoms with Crippen LogP contribution < -0.4 is 0 Å². The average molecular weight is 709 g/mol. The molecule has 0 saturated carbocycles. The van der Waals surface area contributed by atoms with Crippen molar-refractivity contribution in [2.75, 3.05) is 13.2 Å². The molecule has 0 aromatic rings. The maximum absolute atomic E-state index is 12.6. The fraction of sp³-hybridized carbons (Fsp3) is 0.932. The lowest BCUT2D eigenvalue weighted by molar-refractivity contribution is -0.167. The summed E-state index contributed by atoms with van der Waals surface area (Å²) in [6.07, 6.45) is 34.1. The third kappa shape index (κ3) is 36.2. The lowest BCUT2D eigenvalue weighted by atomic mass is 9.99. The van der Waals surface area contributed by atoms with Gasteiger partial charge in [0.2, 0.25) is 0 Å². The van der Waals surface area contributed by atoms with Gasteiger partial charge < -0.3 is 14.2 Å². The van der Waals surface area contributed by atoms with E-state index < -0.39 is 6.10 Å². The first-order valence-corrected chi connectivity index (χ1v) is 21.8. The number of ether oxygens (including phenoxy) is 3. The molecular formula is C44H84O6. The molecule has 0 fully saturated rings. The Kier molecular flexibility index (Phi) is 36.0. The van der Waals surface area contributed by atoms with Crippen LogP contribution in [-0.4, -0.2) is 37.2 Å². The molecule has 0 aromatic carbocycles. The Morgan fingerprint density at radius 3 is 1.14 bits per heavy atom. The molecule has 0 aromatic heterocycles. The molecule has 50 heavy (non-hydrogen) atoms. The second-order valence-corrected chi connectivity index (χ2v) is 15.7. The molecule has 0 N–H and O–H groups in total. The van der Waals surface area contributed by atoms with Crippen LogP contribution >= 0.6 is 0 Å². The Morgan fingerprint density at radius 2 is 0.760 bits per heavy atom. The standard InChI is InChI=1S/C44H84O6/c1-6-8-9-22-29-34-42(45)48-37-41(38-49-43(46)35-30-25-21-20-23-27-32-39(3)4)50-44(47)36-31-26-19-17-15-13-11-10-12-14-16-18-24-28-33-40(5)7-2/h39-41H,6-38H2,1-5H3/t40?,41-/m0/s1. The van der Waals surface area contributed by atoms with Crippen molar-refractivity contribution in [3.8, 4) is 0 Å². The molecule has 0 saturated heterocycles. The molecule has 0 aliphatic carbocycles. The number of carbonyl (C=O) groups excluding carboxylic acids is 3. The summed E-state index contributed by atoms with van der Waals surface area (Å²) in [4.78, 5) is 37.3. The number of rotatable bonds is 38. The molecule has 0 radical (unpaired) electrons. The van der Waals surface area contributed by atoms with E-state index in [1.807, 2.05) is 0 Å². The van der Waals surface area contributed by atoms with Crippen LogP contribution in [0.3, 0.4) is 0 Å². The maximum Gasteiger partial charge on any atom is 0.306 e. The quantitative estimate of drug-likeness (QED) is 0.0361. The van der Waals surface area contributed by atoms with E-state index >= 15 is 0 Å². The fourth-order valence-electron chi connectivity index (χ4n) is 6.37. The van der Waals surface area contributed by atoms with Gasteiger partial charge in [-0.1, -0.05) is 195 Å². The normalized spacial score (nSPS) is 12.6. The van der Waals surface area contributed by atoms with Crippen molar-refractivity contribution in [1.29, 1.82) is 0 Å². The average Bonchev–Trinajstić information content (AvgIpc) is 3.09. The van der Waals surface area contributed by atoms with Crippen LogP contribution in [0.2, 0.25) is 0 Å². The molecule has 0 aliphatic rings. The highest BCUT2D eigenvalue weighted by Gasteiger charge is 2.19.